The van der Waals surface area contributed by atoms with E-state index in [9.17, 15) is 22.8 Å². The Bertz CT molecular complexity index is 792. The Hall–Kier alpha value is -2.91. The van der Waals surface area contributed by atoms with Crippen LogP contribution in [0.2, 0.25) is 0 Å². The summed E-state index contributed by atoms with van der Waals surface area (Å²) in [5.74, 6) is -0.904. The van der Waals surface area contributed by atoms with Crippen LogP contribution in [-0.4, -0.2) is 28.6 Å². The minimum absolute atomic E-state index is 0.0214. The van der Waals surface area contributed by atoms with E-state index < -0.39 is 23.6 Å². The van der Waals surface area contributed by atoms with Gasteiger partial charge >= 0.3 is 12.1 Å². The average molecular weight is 369 g/mol. The number of alkyl halides is 3. The van der Waals surface area contributed by atoms with E-state index in [2.05, 4.69) is 15.5 Å². The molecule has 0 spiro atoms. The standard InChI is InChI=1S/C16H14F3N3O4/c17-16(18,19)11-4-1-9(2-5-11)14-21-13(26-22-14)8-25-15(24)10-3-6-12(23)20-7-10/h1-2,4-5,10H,3,6-8H2,(H,20,23)/t10-/m0/s1. The molecule has 1 aromatic carbocycles. The molecule has 0 bridgehead atoms. The molecule has 1 aliphatic heterocycles. The Labute approximate surface area is 145 Å². The number of piperidine rings is 1. The van der Waals surface area contributed by atoms with Crippen molar-refractivity contribution in [1.29, 1.82) is 0 Å². The average Bonchev–Trinajstić information content (AvgIpc) is 3.09. The number of hydrogen-bond donors (Lipinski definition) is 1. The van der Waals surface area contributed by atoms with E-state index in [1.807, 2.05) is 0 Å². The van der Waals surface area contributed by atoms with Gasteiger partial charge in [-0.05, 0) is 18.6 Å². The van der Waals surface area contributed by atoms with Crippen molar-refractivity contribution in [3.63, 3.8) is 0 Å². The summed E-state index contributed by atoms with van der Waals surface area (Å²) in [4.78, 5) is 27.0. The van der Waals surface area contributed by atoms with Crippen molar-refractivity contribution in [1.82, 2.24) is 15.5 Å². The zero-order valence-electron chi connectivity index (χ0n) is 13.4. The van der Waals surface area contributed by atoms with Gasteiger partial charge in [0.15, 0.2) is 6.61 Å². The number of benzene rings is 1. The van der Waals surface area contributed by atoms with Gasteiger partial charge in [-0.15, -0.1) is 0 Å². The lowest BCUT2D eigenvalue weighted by Crippen LogP contribution is -2.39. The Balaban J connectivity index is 1.58. The Kier molecular flexibility index (Phi) is 4.92. The van der Waals surface area contributed by atoms with E-state index in [1.54, 1.807) is 0 Å². The SMILES string of the molecule is O=C1CC[C@H](C(=O)OCc2nc(-c3ccc(C(F)(F)F)cc3)no2)CN1. The van der Waals surface area contributed by atoms with Gasteiger partial charge in [0, 0.05) is 18.5 Å². The van der Waals surface area contributed by atoms with Crippen LogP contribution in [-0.2, 0) is 27.1 Å². The van der Waals surface area contributed by atoms with Crippen molar-refractivity contribution in [3.8, 4) is 11.4 Å². The zero-order valence-corrected chi connectivity index (χ0v) is 13.4. The topological polar surface area (TPSA) is 94.3 Å². The highest BCUT2D eigenvalue weighted by atomic mass is 19.4. The number of nitrogens with one attached hydrogen (secondary N) is 1. The van der Waals surface area contributed by atoms with E-state index in [1.165, 1.54) is 12.1 Å². The van der Waals surface area contributed by atoms with Gasteiger partial charge in [0.25, 0.3) is 5.89 Å². The number of esters is 1. The number of halogens is 3. The van der Waals surface area contributed by atoms with Gasteiger partial charge in [-0.25, -0.2) is 0 Å². The van der Waals surface area contributed by atoms with Gasteiger partial charge in [0.2, 0.25) is 11.7 Å². The lowest BCUT2D eigenvalue weighted by Gasteiger charge is -2.20. The van der Waals surface area contributed by atoms with Crippen molar-refractivity contribution >= 4 is 11.9 Å². The fourth-order valence-electron chi connectivity index (χ4n) is 2.42. The van der Waals surface area contributed by atoms with Crippen LogP contribution in [0.5, 0.6) is 0 Å². The normalized spacial score (nSPS) is 17.7. The van der Waals surface area contributed by atoms with Crippen LogP contribution in [0.25, 0.3) is 11.4 Å². The molecular formula is C16H14F3N3O4. The van der Waals surface area contributed by atoms with Crippen LogP contribution in [0.15, 0.2) is 28.8 Å². The zero-order chi connectivity index (χ0) is 18.7. The number of carbonyl (C=O) groups is 2. The number of hydrogen-bond acceptors (Lipinski definition) is 6. The molecule has 0 saturated carbocycles. The van der Waals surface area contributed by atoms with E-state index in [4.69, 9.17) is 9.26 Å². The quantitative estimate of drug-likeness (QED) is 0.832. The summed E-state index contributed by atoms with van der Waals surface area (Å²) < 4.78 is 47.7. The summed E-state index contributed by atoms with van der Waals surface area (Å²) >= 11 is 0. The first-order chi connectivity index (χ1) is 12.3. The summed E-state index contributed by atoms with van der Waals surface area (Å²) in [5.41, 5.74) is -0.437. The Morgan fingerprint density at radius 3 is 2.65 bits per heavy atom. The summed E-state index contributed by atoms with van der Waals surface area (Å²) in [6.07, 6.45) is -3.75. The molecule has 26 heavy (non-hydrogen) atoms. The monoisotopic (exact) mass is 369 g/mol. The maximum absolute atomic E-state index is 12.6. The van der Waals surface area contributed by atoms with Crippen molar-refractivity contribution in [2.24, 2.45) is 5.92 Å². The van der Waals surface area contributed by atoms with Gasteiger partial charge in [-0.2, -0.15) is 18.2 Å². The second kappa shape index (κ2) is 7.14. The molecular weight excluding hydrogens is 355 g/mol. The third kappa shape index (κ3) is 4.19. The number of ether oxygens (including phenoxy) is 1. The van der Waals surface area contributed by atoms with Crippen LogP contribution in [0.3, 0.4) is 0 Å². The van der Waals surface area contributed by atoms with Crippen LogP contribution in [0.4, 0.5) is 13.2 Å². The maximum atomic E-state index is 12.6. The van der Waals surface area contributed by atoms with Crippen LogP contribution < -0.4 is 5.32 Å². The fraction of sp³-hybridized carbons (Fsp3) is 0.375. The van der Waals surface area contributed by atoms with Gasteiger partial charge in [0.1, 0.15) is 0 Å². The first kappa shape index (κ1) is 17.9. The molecule has 0 radical (unpaired) electrons. The van der Waals surface area contributed by atoms with Crippen LogP contribution in [0, 0.1) is 5.92 Å². The lowest BCUT2D eigenvalue weighted by atomic mass is 10.00. The third-order valence-electron chi connectivity index (χ3n) is 3.88. The molecule has 1 fully saturated rings. The highest BCUT2D eigenvalue weighted by Gasteiger charge is 2.30. The summed E-state index contributed by atoms with van der Waals surface area (Å²) in [7, 11) is 0. The summed E-state index contributed by atoms with van der Waals surface area (Å²) in [6.45, 7) is -0.0325. The van der Waals surface area contributed by atoms with Crippen molar-refractivity contribution < 1.29 is 32.0 Å². The van der Waals surface area contributed by atoms with Gasteiger partial charge in [-0.1, -0.05) is 17.3 Å². The van der Waals surface area contributed by atoms with Gasteiger partial charge < -0.3 is 14.6 Å². The van der Waals surface area contributed by atoms with E-state index >= 15 is 0 Å². The molecule has 0 unspecified atom stereocenters. The first-order valence-electron chi connectivity index (χ1n) is 7.76. The molecule has 1 N–H and O–H groups in total. The fourth-order valence-corrected chi connectivity index (χ4v) is 2.42. The van der Waals surface area contributed by atoms with E-state index in [-0.39, 0.29) is 37.2 Å². The van der Waals surface area contributed by atoms with Crippen molar-refractivity contribution in [2.75, 3.05) is 6.54 Å². The highest BCUT2D eigenvalue weighted by molar-refractivity contribution is 5.80. The van der Waals surface area contributed by atoms with Gasteiger partial charge in [0.05, 0.1) is 11.5 Å². The molecule has 1 aromatic heterocycles. The molecule has 1 saturated heterocycles. The molecule has 3 rings (SSSR count). The van der Waals surface area contributed by atoms with Gasteiger partial charge in [-0.3, -0.25) is 9.59 Å². The van der Waals surface area contributed by atoms with E-state index in [0.717, 1.165) is 12.1 Å². The summed E-state index contributed by atoms with van der Waals surface area (Å²) in [6, 6.07) is 4.30. The Morgan fingerprint density at radius 1 is 1.31 bits per heavy atom. The molecule has 1 aliphatic rings. The molecule has 2 heterocycles. The van der Waals surface area contributed by atoms with Crippen LogP contribution >= 0.6 is 0 Å². The second-order valence-electron chi connectivity index (χ2n) is 5.73. The molecule has 0 aliphatic carbocycles. The molecule has 7 nitrogen and oxygen atoms in total. The minimum Gasteiger partial charge on any atom is -0.455 e. The predicted octanol–water partition coefficient (Wildman–Crippen LogP) is 2.32. The predicted molar refractivity (Wildman–Crippen MR) is 80.3 cm³/mol. The number of rotatable bonds is 4. The number of aromatic nitrogens is 2. The molecule has 1 atom stereocenters. The minimum atomic E-state index is -4.42. The third-order valence-corrected chi connectivity index (χ3v) is 3.88. The second-order valence-corrected chi connectivity index (χ2v) is 5.73. The molecule has 2 aromatic rings. The summed E-state index contributed by atoms with van der Waals surface area (Å²) in [5, 5.41) is 6.24. The molecule has 138 valence electrons. The molecule has 10 heteroatoms. The number of amides is 1. The van der Waals surface area contributed by atoms with Crippen molar-refractivity contribution in [3.05, 3.63) is 35.7 Å². The number of nitrogens with zero attached hydrogens (tertiary/aromatic N) is 2. The largest absolute Gasteiger partial charge is 0.455 e. The smallest absolute Gasteiger partial charge is 0.416 e. The van der Waals surface area contributed by atoms with Crippen LogP contribution in [0.1, 0.15) is 24.3 Å². The number of carbonyl (C=O) groups excluding carboxylic acids is 2. The molecule has 1 amide bonds. The van der Waals surface area contributed by atoms with Crippen molar-refractivity contribution in [2.45, 2.75) is 25.6 Å². The highest BCUT2D eigenvalue weighted by Crippen LogP contribution is 2.30. The maximum Gasteiger partial charge on any atom is 0.416 e. The Morgan fingerprint density at radius 2 is 2.04 bits per heavy atom. The first-order valence-corrected chi connectivity index (χ1v) is 7.76. The van der Waals surface area contributed by atoms with E-state index in [0.29, 0.717) is 12.0 Å². The lowest BCUT2D eigenvalue weighted by molar-refractivity contribution is -0.151.